The Bertz CT molecular complexity index is 339. The van der Waals surface area contributed by atoms with Gasteiger partial charge in [0.25, 0.3) is 0 Å². The molecule has 0 bridgehead atoms. The zero-order chi connectivity index (χ0) is 10.2. The molecule has 0 aromatic heterocycles. The third-order valence-corrected chi connectivity index (χ3v) is 2.39. The summed E-state index contributed by atoms with van der Waals surface area (Å²) in [7, 11) is -1.80. The molecule has 1 aliphatic rings. The standard InChI is InChI=1S/C9H10BFO3/c11-8-3-1-2-7(6-8)9(4-5-9)14-10(12)13/h1-3,6,12-13H,4-5H2. The summed E-state index contributed by atoms with van der Waals surface area (Å²) in [5.74, 6) is -0.343. The predicted molar refractivity (Wildman–Crippen MR) is 48.6 cm³/mol. The van der Waals surface area contributed by atoms with E-state index in [9.17, 15) is 4.39 Å². The minimum atomic E-state index is -1.80. The van der Waals surface area contributed by atoms with Gasteiger partial charge in [-0.05, 0) is 30.5 Å². The smallest absolute Gasteiger partial charge is 0.402 e. The largest absolute Gasteiger partial charge is 0.634 e. The fraction of sp³-hybridized carbons (Fsp3) is 0.333. The van der Waals surface area contributed by atoms with E-state index in [0.717, 1.165) is 0 Å². The van der Waals surface area contributed by atoms with Crippen LogP contribution in [-0.4, -0.2) is 17.4 Å². The molecule has 1 aromatic rings. The molecule has 0 aliphatic heterocycles. The van der Waals surface area contributed by atoms with E-state index in [2.05, 4.69) is 0 Å². The fourth-order valence-electron chi connectivity index (χ4n) is 1.56. The first-order chi connectivity index (χ1) is 6.62. The van der Waals surface area contributed by atoms with Gasteiger partial charge in [-0.2, -0.15) is 0 Å². The maximum atomic E-state index is 12.9. The van der Waals surface area contributed by atoms with Crippen LogP contribution in [0.25, 0.3) is 0 Å². The van der Waals surface area contributed by atoms with Crippen molar-refractivity contribution in [1.29, 1.82) is 0 Å². The predicted octanol–water partition coefficient (Wildman–Crippen LogP) is 0.801. The molecule has 1 saturated carbocycles. The molecule has 0 heterocycles. The van der Waals surface area contributed by atoms with Gasteiger partial charge in [-0.25, -0.2) is 4.39 Å². The van der Waals surface area contributed by atoms with Crippen LogP contribution in [0, 0.1) is 5.82 Å². The minimum absolute atomic E-state index is 0.343. The van der Waals surface area contributed by atoms with Crippen LogP contribution in [0.2, 0.25) is 0 Å². The first kappa shape index (κ1) is 9.64. The van der Waals surface area contributed by atoms with Crippen molar-refractivity contribution in [1.82, 2.24) is 0 Å². The van der Waals surface area contributed by atoms with Crippen molar-refractivity contribution >= 4 is 7.32 Å². The Balaban J connectivity index is 2.22. The molecule has 2 N–H and O–H groups in total. The molecule has 3 nitrogen and oxygen atoms in total. The van der Waals surface area contributed by atoms with Crippen molar-refractivity contribution < 1.29 is 19.1 Å². The van der Waals surface area contributed by atoms with Gasteiger partial charge in [0, 0.05) is 0 Å². The zero-order valence-corrected chi connectivity index (χ0v) is 7.48. The van der Waals surface area contributed by atoms with Crippen LogP contribution in [0.5, 0.6) is 0 Å². The molecule has 14 heavy (non-hydrogen) atoms. The molecule has 5 heteroatoms. The Labute approximate surface area is 81.3 Å². The average Bonchev–Trinajstić information content (AvgIpc) is 2.84. The molecule has 0 radical (unpaired) electrons. The Morgan fingerprint density at radius 2 is 2.07 bits per heavy atom. The highest BCUT2D eigenvalue weighted by Crippen LogP contribution is 2.49. The summed E-state index contributed by atoms with van der Waals surface area (Å²) in [6.45, 7) is 0. The quantitative estimate of drug-likeness (QED) is 0.703. The molecule has 0 atom stereocenters. The van der Waals surface area contributed by atoms with Crippen molar-refractivity contribution in [2.45, 2.75) is 18.4 Å². The van der Waals surface area contributed by atoms with E-state index in [0.29, 0.717) is 18.4 Å². The molecule has 1 aliphatic carbocycles. The summed E-state index contributed by atoms with van der Waals surface area (Å²) >= 11 is 0. The fourth-order valence-corrected chi connectivity index (χ4v) is 1.56. The molecule has 0 saturated heterocycles. The first-order valence-electron chi connectivity index (χ1n) is 4.42. The number of hydrogen-bond acceptors (Lipinski definition) is 3. The molecule has 74 valence electrons. The summed E-state index contributed by atoms with van der Waals surface area (Å²) in [6.07, 6.45) is 1.38. The van der Waals surface area contributed by atoms with Gasteiger partial charge in [-0.3, -0.25) is 0 Å². The highest BCUT2D eigenvalue weighted by Gasteiger charge is 2.48. The first-order valence-corrected chi connectivity index (χ1v) is 4.42. The van der Waals surface area contributed by atoms with Crippen LogP contribution in [0.1, 0.15) is 18.4 Å². The van der Waals surface area contributed by atoms with E-state index < -0.39 is 12.9 Å². The van der Waals surface area contributed by atoms with Gasteiger partial charge in [0.05, 0.1) is 5.60 Å². The van der Waals surface area contributed by atoms with E-state index in [4.69, 9.17) is 14.7 Å². The van der Waals surface area contributed by atoms with E-state index in [-0.39, 0.29) is 5.82 Å². The molecular formula is C9H10BFO3. The van der Waals surface area contributed by atoms with Gasteiger partial charge in [-0.1, -0.05) is 12.1 Å². The van der Waals surface area contributed by atoms with Crippen LogP contribution in [0.15, 0.2) is 24.3 Å². The minimum Gasteiger partial charge on any atom is -0.402 e. The highest BCUT2D eigenvalue weighted by atomic mass is 19.1. The van der Waals surface area contributed by atoms with E-state index in [1.165, 1.54) is 12.1 Å². The second-order valence-corrected chi connectivity index (χ2v) is 3.45. The number of halogens is 1. The monoisotopic (exact) mass is 196 g/mol. The Hall–Kier alpha value is -0.905. The van der Waals surface area contributed by atoms with Crippen LogP contribution in [-0.2, 0) is 10.3 Å². The van der Waals surface area contributed by atoms with Gasteiger partial charge < -0.3 is 14.7 Å². The van der Waals surface area contributed by atoms with Crippen molar-refractivity contribution in [2.75, 3.05) is 0 Å². The van der Waals surface area contributed by atoms with Crippen LogP contribution in [0.3, 0.4) is 0 Å². The maximum Gasteiger partial charge on any atom is 0.634 e. The van der Waals surface area contributed by atoms with Crippen molar-refractivity contribution in [3.8, 4) is 0 Å². The SMILES string of the molecule is OB(O)OC1(c2cccc(F)c2)CC1. The maximum absolute atomic E-state index is 12.9. The summed E-state index contributed by atoms with van der Waals surface area (Å²) in [4.78, 5) is 0. The van der Waals surface area contributed by atoms with Crippen molar-refractivity contribution in [3.63, 3.8) is 0 Å². The summed E-state index contributed by atoms with van der Waals surface area (Å²) < 4.78 is 17.8. The van der Waals surface area contributed by atoms with E-state index >= 15 is 0 Å². The third-order valence-electron chi connectivity index (χ3n) is 2.39. The van der Waals surface area contributed by atoms with Crippen LogP contribution >= 0.6 is 0 Å². The van der Waals surface area contributed by atoms with Gasteiger partial charge in [-0.15, -0.1) is 0 Å². The lowest BCUT2D eigenvalue weighted by Gasteiger charge is -2.16. The average molecular weight is 196 g/mol. The number of benzene rings is 1. The van der Waals surface area contributed by atoms with Crippen molar-refractivity contribution in [3.05, 3.63) is 35.6 Å². The Morgan fingerprint density at radius 1 is 1.36 bits per heavy atom. The molecular weight excluding hydrogens is 186 g/mol. The van der Waals surface area contributed by atoms with E-state index in [1.807, 2.05) is 0 Å². The molecule has 2 rings (SSSR count). The summed E-state index contributed by atoms with van der Waals surface area (Å²) in [5.41, 5.74) is -0.0263. The van der Waals surface area contributed by atoms with E-state index in [1.54, 1.807) is 12.1 Å². The third kappa shape index (κ3) is 1.80. The van der Waals surface area contributed by atoms with Gasteiger partial charge in [0.15, 0.2) is 0 Å². The zero-order valence-electron chi connectivity index (χ0n) is 7.48. The lowest BCUT2D eigenvalue weighted by Crippen LogP contribution is -2.25. The number of hydrogen-bond donors (Lipinski definition) is 2. The Morgan fingerprint density at radius 3 is 2.57 bits per heavy atom. The molecule has 0 unspecified atom stereocenters. The molecule has 1 aromatic carbocycles. The normalized spacial score (nSPS) is 17.9. The van der Waals surface area contributed by atoms with Crippen molar-refractivity contribution in [2.24, 2.45) is 0 Å². The van der Waals surface area contributed by atoms with Gasteiger partial charge in [0.2, 0.25) is 0 Å². The second kappa shape index (κ2) is 3.35. The van der Waals surface area contributed by atoms with Gasteiger partial charge in [0.1, 0.15) is 5.82 Å². The summed E-state index contributed by atoms with van der Waals surface area (Å²) in [6, 6.07) is 6.00. The molecule has 0 spiro atoms. The second-order valence-electron chi connectivity index (χ2n) is 3.45. The van der Waals surface area contributed by atoms with Gasteiger partial charge >= 0.3 is 7.32 Å². The molecule has 0 amide bonds. The lowest BCUT2D eigenvalue weighted by atomic mass is 10.1. The number of rotatable bonds is 3. The highest BCUT2D eigenvalue weighted by molar-refractivity contribution is 6.32. The molecule has 1 fully saturated rings. The van der Waals surface area contributed by atoms with Crippen LogP contribution < -0.4 is 0 Å². The summed E-state index contributed by atoms with van der Waals surface area (Å²) in [5, 5.41) is 17.4. The lowest BCUT2D eigenvalue weighted by molar-refractivity contribution is 0.0987. The van der Waals surface area contributed by atoms with Crippen LogP contribution in [0.4, 0.5) is 4.39 Å². The Kier molecular flexibility index (Phi) is 2.30. The topological polar surface area (TPSA) is 49.7 Å².